The average Bonchev–Trinajstić information content (AvgIpc) is 2.77. The van der Waals surface area contributed by atoms with E-state index in [9.17, 15) is 9.59 Å². The van der Waals surface area contributed by atoms with Gasteiger partial charge in [0.25, 0.3) is 5.91 Å². The van der Waals surface area contributed by atoms with Crippen LogP contribution in [0.25, 0.3) is 0 Å². The third-order valence-corrected chi connectivity index (χ3v) is 4.96. The number of halogens is 1. The van der Waals surface area contributed by atoms with Crippen LogP contribution in [0.15, 0.2) is 29.3 Å². The molecule has 2 rings (SSSR count). The number of ether oxygens (including phenoxy) is 1. The van der Waals surface area contributed by atoms with Crippen LogP contribution in [0.1, 0.15) is 29.3 Å². The molecular formula is C22H37IN6O3. The minimum absolute atomic E-state index is 0. The zero-order chi connectivity index (χ0) is 22.5. The lowest BCUT2D eigenvalue weighted by Gasteiger charge is -2.26. The van der Waals surface area contributed by atoms with Gasteiger partial charge in [-0.3, -0.25) is 9.59 Å². The fraction of sp³-hybridized carbons (Fsp3) is 0.591. The second-order valence-electron chi connectivity index (χ2n) is 7.55. The van der Waals surface area contributed by atoms with Gasteiger partial charge in [-0.25, -0.2) is 4.99 Å². The third kappa shape index (κ3) is 10.1. The number of likely N-dealkylation sites (N-methyl/N-ethyl adjacent to an activating group) is 1. The lowest BCUT2D eigenvalue weighted by molar-refractivity contribution is -0.123. The Balaban J connectivity index is 0.00000512. The predicted octanol–water partition coefficient (Wildman–Crippen LogP) is 0.900. The van der Waals surface area contributed by atoms with E-state index in [-0.39, 0.29) is 42.3 Å². The molecule has 0 aliphatic carbocycles. The Morgan fingerprint density at radius 3 is 2.66 bits per heavy atom. The highest BCUT2D eigenvalue weighted by Gasteiger charge is 2.22. The number of carbonyl (C=O) groups is 2. The van der Waals surface area contributed by atoms with Gasteiger partial charge in [0.1, 0.15) is 0 Å². The average molecular weight is 560 g/mol. The zero-order valence-corrected chi connectivity index (χ0v) is 21.7. The van der Waals surface area contributed by atoms with E-state index in [0.717, 1.165) is 50.7 Å². The lowest BCUT2D eigenvalue weighted by Crippen LogP contribution is -2.49. The van der Waals surface area contributed by atoms with Crippen molar-refractivity contribution in [1.29, 1.82) is 0 Å². The SMILES string of the molecule is CCNC(=NCc1ccc(C(=O)N2CCNC(=O)C2)cc1)NCCN(C)CCCOC.I. The maximum absolute atomic E-state index is 12.6. The van der Waals surface area contributed by atoms with Crippen LogP contribution in [0.3, 0.4) is 0 Å². The first-order valence-corrected chi connectivity index (χ1v) is 10.9. The van der Waals surface area contributed by atoms with Gasteiger partial charge in [0.15, 0.2) is 5.96 Å². The van der Waals surface area contributed by atoms with Crippen molar-refractivity contribution in [2.45, 2.75) is 19.9 Å². The Labute approximate surface area is 208 Å². The van der Waals surface area contributed by atoms with Crippen LogP contribution in [-0.2, 0) is 16.1 Å². The molecule has 1 fully saturated rings. The predicted molar refractivity (Wildman–Crippen MR) is 138 cm³/mol. The molecule has 3 N–H and O–H groups in total. The van der Waals surface area contributed by atoms with E-state index in [1.807, 2.05) is 19.1 Å². The summed E-state index contributed by atoms with van der Waals surface area (Å²) in [5.41, 5.74) is 1.60. The molecule has 0 atom stereocenters. The number of benzene rings is 1. The minimum atomic E-state index is -0.116. The first-order valence-electron chi connectivity index (χ1n) is 10.9. The molecule has 0 unspecified atom stereocenters. The zero-order valence-electron chi connectivity index (χ0n) is 19.4. The highest BCUT2D eigenvalue weighted by molar-refractivity contribution is 14.0. The van der Waals surface area contributed by atoms with E-state index in [4.69, 9.17) is 4.74 Å². The van der Waals surface area contributed by atoms with Crippen LogP contribution in [0.5, 0.6) is 0 Å². The molecule has 180 valence electrons. The number of guanidine groups is 1. The normalized spacial score (nSPS) is 14.1. The maximum Gasteiger partial charge on any atom is 0.254 e. The highest BCUT2D eigenvalue weighted by atomic mass is 127. The third-order valence-electron chi connectivity index (χ3n) is 4.96. The van der Waals surface area contributed by atoms with Crippen molar-refractivity contribution in [3.05, 3.63) is 35.4 Å². The monoisotopic (exact) mass is 560 g/mol. The van der Waals surface area contributed by atoms with Crippen molar-refractivity contribution >= 4 is 41.8 Å². The fourth-order valence-electron chi connectivity index (χ4n) is 3.22. The van der Waals surface area contributed by atoms with Gasteiger partial charge < -0.3 is 30.5 Å². The van der Waals surface area contributed by atoms with E-state index in [1.165, 1.54) is 0 Å². The number of hydrogen-bond donors (Lipinski definition) is 3. The maximum atomic E-state index is 12.6. The number of methoxy groups -OCH3 is 1. The first-order chi connectivity index (χ1) is 15.0. The molecule has 0 bridgehead atoms. The molecule has 9 nitrogen and oxygen atoms in total. The summed E-state index contributed by atoms with van der Waals surface area (Å²) in [5.74, 6) is 0.539. The van der Waals surface area contributed by atoms with E-state index >= 15 is 0 Å². The Hall–Kier alpha value is -1.92. The summed E-state index contributed by atoms with van der Waals surface area (Å²) in [6.07, 6.45) is 1.02. The second-order valence-corrected chi connectivity index (χ2v) is 7.55. The summed E-state index contributed by atoms with van der Waals surface area (Å²) in [6, 6.07) is 7.42. The van der Waals surface area contributed by atoms with Crippen molar-refractivity contribution in [3.63, 3.8) is 0 Å². The smallest absolute Gasteiger partial charge is 0.254 e. The number of nitrogens with one attached hydrogen (secondary N) is 3. The molecule has 2 amide bonds. The molecule has 1 heterocycles. The van der Waals surface area contributed by atoms with E-state index in [2.05, 4.69) is 32.9 Å². The molecule has 1 aromatic carbocycles. The summed E-state index contributed by atoms with van der Waals surface area (Å²) in [6.45, 7) is 7.98. The Bertz CT molecular complexity index is 729. The highest BCUT2D eigenvalue weighted by Crippen LogP contribution is 2.10. The van der Waals surface area contributed by atoms with Crippen LogP contribution in [0, 0.1) is 0 Å². The number of rotatable bonds is 11. The van der Waals surface area contributed by atoms with Gasteiger partial charge in [0.2, 0.25) is 5.91 Å². The number of nitrogens with zero attached hydrogens (tertiary/aromatic N) is 3. The van der Waals surface area contributed by atoms with Gasteiger partial charge in [0, 0.05) is 58.5 Å². The topological polar surface area (TPSA) is 98.3 Å². The molecule has 0 aromatic heterocycles. The van der Waals surface area contributed by atoms with Crippen molar-refractivity contribution in [1.82, 2.24) is 25.8 Å². The van der Waals surface area contributed by atoms with Gasteiger partial charge >= 0.3 is 0 Å². The van der Waals surface area contributed by atoms with Gasteiger partial charge in [-0.2, -0.15) is 0 Å². The van der Waals surface area contributed by atoms with Crippen LogP contribution < -0.4 is 16.0 Å². The first kappa shape index (κ1) is 28.1. The molecule has 0 radical (unpaired) electrons. The number of hydrogen-bond acceptors (Lipinski definition) is 5. The van der Waals surface area contributed by atoms with Crippen LogP contribution in [0.4, 0.5) is 0 Å². The minimum Gasteiger partial charge on any atom is -0.385 e. The van der Waals surface area contributed by atoms with Gasteiger partial charge in [-0.15, -0.1) is 24.0 Å². The quantitative estimate of drug-likeness (QED) is 0.161. The molecule has 0 saturated carbocycles. The van der Waals surface area contributed by atoms with E-state index in [0.29, 0.717) is 25.2 Å². The van der Waals surface area contributed by atoms with Crippen LogP contribution in [0.2, 0.25) is 0 Å². The summed E-state index contributed by atoms with van der Waals surface area (Å²) in [4.78, 5) is 32.5. The van der Waals surface area contributed by atoms with Crippen LogP contribution >= 0.6 is 24.0 Å². The molecule has 10 heteroatoms. The molecule has 1 saturated heterocycles. The van der Waals surface area contributed by atoms with E-state index in [1.54, 1.807) is 24.1 Å². The Morgan fingerprint density at radius 1 is 1.25 bits per heavy atom. The molecule has 1 aliphatic heterocycles. The number of aliphatic imine (C=N–C) groups is 1. The summed E-state index contributed by atoms with van der Waals surface area (Å²) in [7, 11) is 3.82. The van der Waals surface area contributed by atoms with Crippen molar-refractivity contribution in [2.75, 3.05) is 66.6 Å². The Kier molecular flexibility index (Phi) is 13.9. The van der Waals surface area contributed by atoms with Crippen molar-refractivity contribution in [3.8, 4) is 0 Å². The number of carbonyl (C=O) groups excluding carboxylic acids is 2. The molecule has 32 heavy (non-hydrogen) atoms. The van der Waals surface area contributed by atoms with E-state index < -0.39 is 0 Å². The number of piperazine rings is 1. The largest absolute Gasteiger partial charge is 0.385 e. The fourth-order valence-corrected chi connectivity index (χ4v) is 3.22. The van der Waals surface area contributed by atoms with Crippen molar-refractivity contribution < 1.29 is 14.3 Å². The van der Waals surface area contributed by atoms with Gasteiger partial charge in [0.05, 0.1) is 13.1 Å². The lowest BCUT2D eigenvalue weighted by atomic mass is 10.1. The molecule has 0 spiro atoms. The van der Waals surface area contributed by atoms with Crippen molar-refractivity contribution in [2.24, 2.45) is 4.99 Å². The van der Waals surface area contributed by atoms with Gasteiger partial charge in [-0.1, -0.05) is 12.1 Å². The summed E-state index contributed by atoms with van der Waals surface area (Å²) >= 11 is 0. The summed E-state index contributed by atoms with van der Waals surface area (Å²) in [5, 5.41) is 9.34. The van der Waals surface area contributed by atoms with Crippen LogP contribution in [-0.4, -0.2) is 94.2 Å². The molecule has 1 aromatic rings. The summed E-state index contributed by atoms with van der Waals surface area (Å²) < 4.78 is 5.09. The molecular weight excluding hydrogens is 523 g/mol. The standard InChI is InChI=1S/C22H36N6O3.HI/c1-4-23-22(25-10-13-27(2)12-5-15-31-3)26-16-18-6-8-19(9-7-18)21(30)28-14-11-24-20(29)17-28;/h6-9H,4-5,10-17H2,1-3H3,(H,24,29)(H2,23,25,26);1H. The second kappa shape index (κ2) is 15.8. The number of amides is 2. The molecule has 1 aliphatic rings. The Morgan fingerprint density at radius 2 is 2.00 bits per heavy atom. The van der Waals surface area contributed by atoms with Gasteiger partial charge in [-0.05, 0) is 38.1 Å².